The third kappa shape index (κ3) is 1.07. The highest BCUT2D eigenvalue weighted by atomic mass is 16.2. The van der Waals surface area contributed by atoms with Crippen molar-refractivity contribution in [2.24, 2.45) is 0 Å². The van der Waals surface area contributed by atoms with Gasteiger partial charge in [-0.1, -0.05) is 6.58 Å². The van der Waals surface area contributed by atoms with Crippen LogP contribution in [0.2, 0.25) is 0 Å². The first kappa shape index (κ1) is 6.99. The second-order valence-corrected chi connectivity index (χ2v) is 2.19. The molecule has 0 aromatic rings. The maximum absolute atomic E-state index is 10.8. The Morgan fingerprint density at radius 1 is 1.70 bits per heavy atom. The van der Waals surface area contributed by atoms with Gasteiger partial charge in [0.15, 0.2) is 0 Å². The first-order chi connectivity index (χ1) is 4.75. The Morgan fingerprint density at radius 3 is 2.80 bits per heavy atom. The number of nitrogens with zero attached hydrogens (tertiary/aromatic N) is 1. The quantitative estimate of drug-likeness (QED) is 0.491. The van der Waals surface area contributed by atoms with Crippen LogP contribution in [0.5, 0.6) is 0 Å². The van der Waals surface area contributed by atoms with Gasteiger partial charge in [-0.05, 0) is 12.5 Å². The zero-order valence-electron chi connectivity index (χ0n) is 5.67. The van der Waals surface area contributed by atoms with Gasteiger partial charge in [0.25, 0.3) is 5.91 Å². The molecular formula is C7H9NO2. The van der Waals surface area contributed by atoms with E-state index in [1.807, 2.05) is 0 Å². The van der Waals surface area contributed by atoms with Crippen LogP contribution >= 0.6 is 0 Å². The predicted molar refractivity (Wildman–Crippen MR) is 36.2 cm³/mol. The number of hydrogen-bond acceptors (Lipinski definition) is 2. The molecule has 3 heteroatoms. The molecular weight excluding hydrogens is 130 g/mol. The van der Waals surface area contributed by atoms with Gasteiger partial charge >= 0.3 is 0 Å². The molecule has 0 aromatic carbocycles. The Hall–Kier alpha value is -1.12. The van der Waals surface area contributed by atoms with Crippen LogP contribution in [0.1, 0.15) is 12.8 Å². The molecule has 1 saturated heterocycles. The van der Waals surface area contributed by atoms with Crippen LogP contribution in [-0.2, 0) is 9.59 Å². The number of imide groups is 1. The van der Waals surface area contributed by atoms with Crippen LogP contribution in [0, 0.1) is 0 Å². The van der Waals surface area contributed by atoms with Crippen molar-refractivity contribution in [1.29, 1.82) is 0 Å². The third-order valence-corrected chi connectivity index (χ3v) is 1.51. The second-order valence-electron chi connectivity index (χ2n) is 2.19. The molecule has 0 bridgehead atoms. The van der Waals surface area contributed by atoms with Gasteiger partial charge in [-0.3, -0.25) is 14.5 Å². The first-order valence-electron chi connectivity index (χ1n) is 3.22. The van der Waals surface area contributed by atoms with Crippen LogP contribution < -0.4 is 0 Å². The molecule has 1 rings (SSSR count). The maximum Gasteiger partial charge on any atom is 0.252 e. The van der Waals surface area contributed by atoms with Crippen LogP contribution in [0.25, 0.3) is 0 Å². The highest BCUT2D eigenvalue weighted by Gasteiger charge is 2.23. The molecule has 10 heavy (non-hydrogen) atoms. The zero-order valence-corrected chi connectivity index (χ0v) is 5.67. The molecule has 0 saturated carbocycles. The number of rotatable bonds is 1. The van der Waals surface area contributed by atoms with Gasteiger partial charge in [0.2, 0.25) is 5.91 Å². The Labute approximate surface area is 59.3 Å². The maximum atomic E-state index is 10.8. The molecule has 0 spiro atoms. The van der Waals surface area contributed by atoms with Crippen molar-refractivity contribution in [1.82, 2.24) is 4.90 Å². The van der Waals surface area contributed by atoms with Crippen molar-refractivity contribution in [3.8, 4) is 0 Å². The topological polar surface area (TPSA) is 37.4 Å². The smallest absolute Gasteiger partial charge is 0.252 e. The van der Waals surface area contributed by atoms with Gasteiger partial charge in [0.1, 0.15) is 0 Å². The summed E-state index contributed by atoms with van der Waals surface area (Å²) in [7, 11) is 0. The van der Waals surface area contributed by atoms with Crippen molar-refractivity contribution in [3.05, 3.63) is 12.7 Å². The lowest BCUT2D eigenvalue weighted by Gasteiger charge is -2.08. The summed E-state index contributed by atoms with van der Waals surface area (Å²) in [6.07, 6.45) is 2.46. The fraction of sp³-hybridized carbons (Fsp3) is 0.429. The van der Waals surface area contributed by atoms with E-state index >= 15 is 0 Å². The second kappa shape index (κ2) is 2.64. The van der Waals surface area contributed by atoms with Gasteiger partial charge in [-0.25, -0.2) is 0 Å². The largest absolute Gasteiger partial charge is 0.279 e. The van der Waals surface area contributed by atoms with Gasteiger partial charge in [0, 0.05) is 13.0 Å². The Kier molecular flexibility index (Phi) is 1.85. The zero-order chi connectivity index (χ0) is 7.56. The van der Waals surface area contributed by atoms with E-state index in [-0.39, 0.29) is 11.8 Å². The molecule has 0 atom stereocenters. The van der Waals surface area contributed by atoms with Gasteiger partial charge in [-0.2, -0.15) is 0 Å². The fourth-order valence-corrected chi connectivity index (χ4v) is 0.991. The Balaban J connectivity index is 2.63. The number of carbonyl (C=O) groups excluding carboxylic acids is 2. The third-order valence-electron chi connectivity index (χ3n) is 1.51. The summed E-state index contributed by atoms with van der Waals surface area (Å²) in [6, 6.07) is 0. The molecule has 0 radical (unpaired) electrons. The number of carbonyl (C=O) groups is 2. The Bertz CT molecular complexity index is 186. The van der Waals surface area contributed by atoms with Crippen LogP contribution in [0.3, 0.4) is 0 Å². The molecule has 3 nitrogen and oxygen atoms in total. The molecule has 1 fully saturated rings. The van der Waals surface area contributed by atoms with Crippen LogP contribution in [0.15, 0.2) is 12.7 Å². The van der Waals surface area contributed by atoms with Crippen molar-refractivity contribution < 1.29 is 9.59 Å². The number of amides is 2. The summed E-state index contributed by atoms with van der Waals surface area (Å²) in [6.45, 7) is 3.86. The summed E-state index contributed by atoms with van der Waals surface area (Å²) in [5, 5.41) is 0. The van der Waals surface area contributed by atoms with Crippen molar-refractivity contribution in [3.63, 3.8) is 0 Å². The van der Waals surface area contributed by atoms with Gasteiger partial charge in [0.05, 0.1) is 0 Å². The number of likely N-dealkylation sites (tertiary alicyclic amines) is 1. The molecule has 0 aliphatic carbocycles. The SMILES string of the molecule is C=CC(=O)N1CCCC1=O. The minimum atomic E-state index is -0.275. The fourth-order valence-electron chi connectivity index (χ4n) is 0.991. The molecule has 0 aromatic heterocycles. The molecule has 54 valence electrons. The van der Waals surface area contributed by atoms with Gasteiger partial charge in [-0.15, -0.1) is 0 Å². The summed E-state index contributed by atoms with van der Waals surface area (Å²) in [4.78, 5) is 22.9. The van der Waals surface area contributed by atoms with Gasteiger partial charge < -0.3 is 0 Å². The van der Waals surface area contributed by atoms with E-state index in [1.165, 1.54) is 11.0 Å². The summed E-state index contributed by atoms with van der Waals surface area (Å²) < 4.78 is 0. The molecule has 1 aliphatic heterocycles. The number of hydrogen-bond donors (Lipinski definition) is 0. The molecule has 1 heterocycles. The van der Waals surface area contributed by atoms with E-state index in [2.05, 4.69) is 6.58 Å². The summed E-state index contributed by atoms with van der Waals surface area (Å²) >= 11 is 0. The van der Waals surface area contributed by atoms with Crippen LogP contribution in [0.4, 0.5) is 0 Å². The van der Waals surface area contributed by atoms with Crippen molar-refractivity contribution >= 4 is 11.8 Å². The molecule has 0 unspecified atom stereocenters. The van der Waals surface area contributed by atoms with E-state index in [0.717, 1.165) is 6.42 Å². The first-order valence-corrected chi connectivity index (χ1v) is 3.22. The minimum absolute atomic E-state index is 0.0788. The lowest BCUT2D eigenvalue weighted by molar-refractivity contribution is -0.138. The lowest BCUT2D eigenvalue weighted by atomic mass is 10.4. The average Bonchev–Trinajstić information content (AvgIpc) is 2.34. The van der Waals surface area contributed by atoms with E-state index in [1.54, 1.807) is 0 Å². The predicted octanol–water partition coefficient (Wildman–Crippen LogP) is 0.321. The van der Waals surface area contributed by atoms with Crippen LogP contribution in [-0.4, -0.2) is 23.3 Å². The molecule has 2 amide bonds. The molecule has 1 aliphatic rings. The summed E-state index contributed by atoms with van der Waals surface area (Å²) in [5.74, 6) is -0.354. The standard InChI is InChI=1S/C7H9NO2/c1-2-6(9)8-5-3-4-7(8)10/h2H,1,3-5H2. The monoisotopic (exact) mass is 139 g/mol. The Morgan fingerprint density at radius 2 is 2.40 bits per heavy atom. The minimum Gasteiger partial charge on any atom is -0.279 e. The summed E-state index contributed by atoms with van der Waals surface area (Å²) in [5.41, 5.74) is 0. The average molecular weight is 139 g/mol. The van der Waals surface area contributed by atoms with E-state index < -0.39 is 0 Å². The van der Waals surface area contributed by atoms with E-state index in [4.69, 9.17) is 0 Å². The lowest BCUT2D eigenvalue weighted by Crippen LogP contribution is -2.29. The highest BCUT2D eigenvalue weighted by molar-refractivity contribution is 6.01. The highest BCUT2D eigenvalue weighted by Crippen LogP contribution is 2.09. The molecule has 0 N–H and O–H groups in total. The van der Waals surface area contributed by atoms with E-state index in [0.29, 0.717) is 13.0 Å². The van der Waals surface area contributed by atoms with E-state index in [9.17, 15) is 9.59 Å². The van der Waals surface area contributed by atoms with Crippen molar-refractivity contribution in [2.45, 2.75) is 12.8 Å². The normalized spacial score (nSPS) is 17.6. The van der Waals surface area contributed by atoms with Crippen molar-refractivity contribution in [2.75, 3.05) is 6.54 Å².